The van der Waals surface area contributed by atoms with E-state index in [0.29, 0.717) is 17.4 Å². The number of esters is 2. The molecule has 9 nitrogen and oxygen atoms in total. The molecular formula is C80H152NO8P. The lowest BCUT2D eigenvalue weighted by Gasteiger charge is -2.28. The third kappa shape index (κ3) is 75.0. The van der Waals surface area contributed by atoms with Crippen molar-refractivity contribution in [1.82, 2.24) is 0 Å². The Bertz CT molecular complexity index is 1660. The molecule has 0 saturated heterocycles. The highest BCUT2D eigenvalue weighted by atomic mass is 31.2. The Labute approximate surface area is 560 Å². The van der Waals surface area contributed by atoms with Crippen LogP contribution in [0, 0.1) is 0 Å². The van der Waals surface area contributed by atoms with Gasteiger partial charge in [-0.15, -0.1) is 0 Å². The standard InChI is InChI=1S/C80H152NO8P/c1-6-8-10-12-14-16-18-20-22-24-26-28-30-32-33-34-35-36-37-38-39-40-41-42-43-44-45-46-47-49-51-53-55-57-59-61-63-65-67-69-71-73-80(83)89-78(77-88-90(84,85)87-75-74-81(3,4)5)76-86-79(82)72-70-68-66-64-62-60-58-56-54-52-50-48-31-29-27-25-23-21-19-17-15-13-11-9-7-2/h18,20,24-27,30,32,78H,6-17,19,21-23,28-29,31,33-77H2,1-5H3/b20-18-,26-24-,27-25-,32-30-. The molecule has 0 aliphatic rings. The number of allylic oxidation sites excluding steroid dienone is 8. The highest BCUT2D eigenvalue weighted by Gasteiger charge is 2.22. The third-order valence-electron chi connectivity index (χ3n) is 17.8. The molecule has 0 N–H and O–H groups in total. The molecule has 0 bridgehead atoms. The number of nitrogens with zero attached hydrogens (tertiary/aromatic N) is 1. The summed E-state index contributed by atoms with van der Waals surface area (Å²) >= 11 is 0. The lowest BCUT2D eigenvalue weighted by atomic mass is 10.0. The van der Waals surface area contributed by atoms with Crippen LogP contribution in [0.25, 0.3) is 0 Å². The first-order chi connectivity index (χ1) is 44.0. The van der Waals surface area contributed by atoms with Gasteiger partial charge in [0.05, 0.1) is 27.7 Å². The highest BCUT2D eigenvalue weighted by molar-refractivity contribution is 7.45. The Hall–Kier alpha value is -2.03. The maximum Gasteiger partial charge on any atom is 0.306 e. The fourth-order valence-electron chi connectivity index (χ4n) is 11.8. The summed E-state index contributed by atoms with van der Waals surface area (Å²) in [6.07, 6.45) is 93.8. The van der Waals surface area contributed by atoms with Crippen LogP contribution in [0.2, 0.25) is 0 Å². The van der Waals surface area contributed by atoms with E-state index in [2.05, 4.69) is 62.5 Å². The average molecular weight is 1290 g/mol. The van der Waals surface area contributed by atoms with Crippen LogP contribution in [0.5, 0.6) is 0 Å². The Kier molecular flexibility index (Phi) is 69.7. The van der Waals surface area contributed by atoms with Crippen LogP contribution >= 0.6 is 7.82 Å². The molecule has 10 heteroatoms. The Morgan fingerprint density at radius 3 is 0.900 bits per heavy atom. The van der Waals surface area contributed by atoms with Gasteiger partial charge in [0, 0.05) is 12.8 Å². The van der Waals surface area contributed by atoms with Crippen molar-refractivity contribution in [2.45, 2.75) is 405 Å². The van der Waals surface area contributed by atoms with Crippen molar-refractivity contribution in [1.29, 1.82) is 0 Å². The number of hydrogen-bond donors (Lipinski definition) is 0. The molecule has 0 rings (SSSR count). The van der Waals surface area contributed by atoms with E-state index >= 15 is 0 Å². The van der Waals surface area contributed by atoms with Crippen molar-refractivity contribution in [2.75, 3.05) is 47.5 Å². The van der Waals surface area contributed by atoms with E-state index < -0.39 is 26.5 Å². The second-order valence-corrected chi connectivity index (χ2v) is 29.5. The van der Waals surface area contributed by atoms with Gasteiger partial charge in [-0.1, -0.05) is 358 Å². The average Bonchev–Trinajstić information content (AvgIpc) is 3.62. The molecule has 0 spiro atoms. The zero-order valence-corrected chi connectivity index (χ0v) is 61.5. The maximum atomic E-state index is 12.9. The minimum absolute atomic E-state index is 0.0281. The molecule has 0 fully saturated rings. The Morgan fingerprint density at radius 2 is 0.600 bits per heavy atom. The van der Waals surface area contributed by atoms with Gasteiger partial charge in [-0.25, -0.2) is 0 Å². The van der Waals surface area contributed by atoms with Gasteiger partial charge >= 0.3 is 11.9 Å². The molecule has 2 unspecified atom stereocenters. The lowest BCUT2D eigenvalue weighted by Crippen LogP contribution is -2.37. The van der Waals surface area contributed by atoms with Crippen LogP contribution < -0.4 is 4.89 Å². The van der Waals surface area contributed by atoms with E-state index in [4.69, 9.17) is 18.5 Å². The number of carbonyl (C=O) groups is 2. The quantitative estimate of drug-likeness (QED) is 0.0195. The van der Waals surface area contributed by atoms with E-state index in [1.807, 2.05) is 21.1 Å². The second kappa shape index (κ2) is 71.3. The zero-order valence-electron chi connectivity index (χ0n) is 60.6. The summed E-state index contributed by atoms with van der Waals surface area (Å²) in [6.45, 7) is 4.30. The molecule has 0 aromatic heterocycles. The maximum absolute atomic E-state index is 12.9. The van der Waals surface area contributed by atoms with Gasteiger partial charge in [-0.05, 0) is 77.0 Å². The first-order valence-corrected chi connectivity index (χ1v) is 40.8. The summed E-state index contributed by atoms with van der Waals surface area (Å²) in [5.74, 6) is -0.811. The predicted molar refractivity (Wildman–Crippen MR) is 388 cm³/mol. The van der Waals surface area contributed by atoms with E-state index in [1.54, 1.807) is 0 Å². The predicted octanol–water partition coefficient (Wildman–Crippen LogP) is 25.3. The summed E-state index contributed by atoms with van der Waals surface area (Å²) < 4.78 is 34.4. The molecule has 0 aliphatic carbocycles. The second-order valence-electron chi connectivity index (χ2n) is 28.1. The summed E-state index contributed by atoms with van der Waals surface area (Å²) in [4.78, 5) is 38.1. The molecule has 0 aromatic carbocycles. The topological polar surface area (TPSA) is 111 Å². The molecular weight excluding hydrogens is 1130 g/mol. The van der Waals surface area contributed by atoms with Crippen molar-refractivity contribution in [3.05, 3.63) is 48.6 Å². The van der Waals surface area contributed by atoms with Crippen molar-refractivity contribution in [3.8, 4) is 0 Å². The fourth-order valence-corrected chi connectivity index (χ4v) is 12.5. The summed E-state index contributed by atoms with van der Waals surface area (Å²) in [5, 5.41) is 0. The minimum Gasteiger partial charge on any atom is -0.756 e. The van der Waals surface area contributed by atoms with Gasteiger partial charge in [-0.2, -0.15) is 0 Å². The van der Waals surface area contributed by atoms with Gasteiger partial charge in [0.2, 0.25) is 0 Å². The summed E-state index contributed by atoms with van der Waals surface area (Å²) in [6, 6.07) is 0. The van der Waals surface area contributed by atoms with Crippen molar-refractivity contribution in [2.24, 2.45) is 0 Å². The monoisotopic (exact) mass is 1290 g/mol. The van der Waals surface area contributed by atoms with Gasteiger partial charge in [0.1, 0.15) is 19.8 Å². The van der Waals surface area contributed by atoms with E-state index in [-0.39, 0.29) is 32.0 Å². The minimum atomic E-state index is -4.64. The number of ether oxygens (including phenoxy) is 2. The summed E-state index contributed by atoms with van der Waals surface area (Å²) in [7, 11) is 1.19. The Balaban J connectivity index is 3.89. The first-order valence-electron chi connectivity index (χ1n) is 39.3. The highest BCUT2D eigenvalue weighted by Crippen LogP contribution is 2.38. The van der Waals surface area contributed by atoms with Crippen LogP contribution in [0.1, 0.15) is 399 Å². The Morgan fingerprint density at radius 1 is 0.344 bits per heavy atom. The van der Waals surface area contributed by atoms with Crippen LogP contribution in [-0.2, 0) is 32.7 Å². The number of hydrogen-bond acceptors (Lipinski definition) is 8. The van der Waals surface area contributed by atoms with Crippen LogP contribution in [-0.4, -0.2) is 70.0 Å². The summed E-state index contributed by atoms with van der Waals surface area (Å²) in [5.41, 5.74) is 0. The SMILES string of the molecule is CCCCCCC/C=C\C/C=C\C/C=C\CCCCCCCCCCCCCCCCCCCCCCCCCCCCC(=O)OC(COC(=O)CCCCCCCCCCCCCCC/C=C\CCCCCCCCCC)COP(=O)([O-])OCC[N+](C)(C)C. The van der Waals surface area contributed by atoms with E-state index in [1.165, 1.54) is 321 Å². The molecule has 90 heavy (non-hydrogen) atoms. The number of carbonyl (C=O) groups excluding carboxylic acids is 2. The molecule has 0 saturated carbocycles. The number of rotatable bonds is 74. The first kappa shape index (κ1) is 88.0. The molecule has 0 amide bonds. The largest absolute Gasteiger partial charge is 0.756 e. The fraction of sp³-hybridized carbons (Fsp3) is 0.875. The number of unbranched alkanes of at least 4 members (excludes halogenated alkanes) is 52. The lowest BCUT2D eigenvalue weighted by molar-refractivity contribution is -0.870. The van der Waals surface area contributed by atoms with E-state index in [9.17, 15) is 19.0 Å². The molecule has 530 valence electrons. The van der Waals surface area contributed by atoms with Crippen molar-refractivity contribution in [3.63, 3.8) is 0 Å². The molecule has 0 radical (unpaired) electrons. The number of quaternary nitrogens is 1. The number of phosphoric acid groups is 1. The third-order valence-corrected chi connectivity index (χ3v) is 18.8. The van der Waals surface area contributed by atoms with Crippen LogP contribution in [0.15, 0.2) is 48.6 Å². The van der Waals surface area contributed by atoms with Crippen LogP contribution in [0.3, 0.4) is 0 Å². The van der Waals surface area contributed by atoms with Crippen molar-refractivity contribution < 1.29 is 42.1 Å². The molecule has 0 aromatic rings. The van der Waals surface area contributed by atoms with Gasteiger partial charge in [0.15, 0.2) is 6.10 Å². The van der Waals surface area contributed by atoms with E-state index in [0.717, 1.165) is 44.9 Å². The molecule has 0 heterocycles. The van der Waals surface area contributed by atoms with Crippen LogP contribution in [0.4, 0.5) is 0 Å². The zero-order chi connectivity index (χ0) is 65.5. The smallest absolute Gasteiger partial charge is 0.306 e. The van der Waals surface area contributed by atoms with Gasteiger partial charge in [0.25, 0.3) is 7.82 Å². The normalized spacial score (nSPS) is 13.3. The van der Waals surface area contributed by atoms with Crippen molar-refractivity contribution >= 4 is 19.8 Å². The number of phosphoric ester groups is 1. The van der Waals surface area contributed by atoms with Gasteiger partial charge < -0.3 is 27.9 Å². The number of likely N-dealkylation sites (N-methyl/N-ethyl adjacent to an activating group) is 1. The molecule has 0 aliphatic heterocycles. The van der Waals surface area contributed by atoms with Gasteiger partial charge in [-0.3, -0.25) is 14.2 Å². The molecule has 2 atom stereocenters.